The lowest BCUT2D eigenvalue weighted by atomic mass is 10.3. The number of benzene rings is 1. The molecule has 1 aromatic rings. The summed E-state index contributed by atoms with van der Waals surface area (Å²) in [4.78, 5) is 0.102. The molecule has 0 bridgehead atoms. The third kappa shape index (κ3) is 3.61. The lowest BCUT2D eigenvalue weighted by molar-refractivity contribution is 0.354. The highest BCUT2D eigenvalue weighted by Gasteiger charge is 2.37. The molecular weight excluding hydrogens is 402 g/mol. The van der Waals surface area contributed by atoms with Gasteiger partial charge in [0, 0.05) is 17.1 Å². The first-order valence-electron chi connectivity index (χ1n) is 6.34. The highest BCUT2D eigenvalue weighted by Crippen LogP contribution is 2.29. The van der Waals surface area contributed by atoms with Crippen LogP contribution in [0.25, 0.3) is 0 Å². The van der Waals surface area contributed by atoms with E-state index < -0.39 is 25.9 Å². The Morgan fingerprint density at radius 3 is 2.57 bits per heavy atom. The largest absolute Gasteiger partial charge is 0.243 e. The predicted molar refractivity (Wildman–Crippen MR) is 85.8 cm³/mol. The van der Waals surface area contributed by atoms with E-state index in [0.717, 1.165) is 0 Å². The highest BCUT2D eigenvalue weighted by molar-refractivity contribution is 9.10. The van der Waals surface area contributed by atoms with Gasteiger partial charge in [-0.3, -0.25) is 0 Å². The van der Waals surface area contributed by atoms with Crippen molar-refractivity contribution in [2.24, 2.45) is 0 Å². The fourth-order valence-corrected chi connectivity index (χ4v) is 6.56. The van der Waals surface area contributed by atoms with Crippen LogP contribution >= 0.6 is 27.5 Å². The van der Waals surface area contributed by atoms with Crippen LogP contribution in [0.15, 0.2) is 27.6 Å². The zero-order valence-electron chi connectivity index (χ0n) is 11.3. The van der Waals surface area contributed by atoms with E-state index in [1.165, 1.54) is 22.5 Å². The fraction of sp³-hybridized carbons (Fsp3) is 0.500. The molecule has 0 saturated carbocycles. The van der Waals surface area contributed by atoms with Gasteiger partial charge in [-0.1, -0.05) is 18.5 Å². The highest BCUT2D eigenvalue weighted by atomic mass is 79.9. The molecule has 0 N–H and O–H groups in total. The van der Waals surface area contributed by atoms with Crippen LogP contribution in [-0.4, -0.2) is 45.2 Å². The number of sulfone groups is 1. The molecule has 21 heavy (non-hydrogen) atoms. The predicted octanol–water partition coefficient (Wildman–Crippen LogP) is 2.30. The second-order valence-electron chi connectivity index (χ2n) is 4.84. The van der Waals surface area contributed by atoms with Crippen molar-refractivity contribution in [1.29, 1.82) is 0 Å². The zero-order chi connectivity index (χ0) is 15.8. The van der Waals surface area contributed by atoms with Crippen LogP contribution in [-0.2, 0) is 19.9 Å². The Labute approximate surface area is 138 Å². The van der Waals surface area contributed by atoms with Crippen molar-refractivity contribution in [3.63, 3.8) is 0 Å². The third-order valence-corrected chi connectivity index (χ3v) is 8.41. The maximum atomic E-state index is 12.7. The van der Waals surface area contributed by atoms with E-state index in [1.807, 2.05) is 0 Å². The minimum absolute atomic E-state index is 0.0357. The van der Waals surface area contributed by atoms with E-state index in [9.17, 15) is 16.8 Å². The first kappa shape index (κ1) is 17.2. The summed E-state index contributed by atoms with van der Waals surface area (Å²) in [6.45, 7) is 1.93. The van der Waals surface area contributed by atoms with E-state index in [-0.39, 0.29) is 22.9 Å². The van der Waals surface area contributed by atoms with Gasteiger partial charge in [-0.05, 0) is 40.5 Å². The summed E-state index contributed by atoms with van der Waals surface area (Å²) in [5, 5.41) is 0.417. The van der Waals surface area contributed by atoms with Gasteiger partial charge in [-0.15, -0.1) is 0 Å². The molecule has 0 aromatic heterocycles. The summed E-state index contributed by atoms with van der Waals surface area (Å²) in [5.41, 5.74) is 0. The molecule has 1 heterocycles. The van der Waals surface area contributed by atoms with Crippen molar-refractivity contribution in [2.75, 3.05) is 18.1 Å². The molecule has 1 aliphatic rings. The number of nitrogens with zero attached hydrogens (tertiary/aromatic N) is 1. The summed E-state index contributed by atoms with van der Waals surface area (Å²) < 4.78 is 50.3. The molecule has 1 unspecified atom stereocenters. The van der Waals surface area contributed by atoms with Crippen LogP contribution in [0.5, 0.6) is 0 Å². The van der Waals surface area contributed by atoms with Gasteiger partial charge < -0.3 is 0 Å². The molecule has 1 saturated heterocycles. The fourth-order valence-electron chi connectivity index (χ4n) is 2.40. The summed E-state index contributed by atoms with van der Waals surface area (Å²) in [6.07, 6.45) is 0.337. The molecule has 9 heteroatoms. The van der Waals surface area contributed by atoms with Crippen LogP contribution in [0, 0.1) is 0 Å². The van der Waals surface area contributed by atoms with Crippen LogP contribution in [0.2, 0.25) is 5.02 Å². The van der Waals surface area contributed by atoms with E-state index in [2.05, 4.69) is 15.9 Å². The first-order valence-corrected chi connectivity index (χ1v) is 10.8. The minimum atomic E-state index is -3.74. The number of rotatable bonds is 4. The van der Waals surface area contributed by atoms with Crippen molar-refractivity contribution < 1.29 is 16.8 Å². The van der Waals surface area contributed by atoms with E-state index in [1.54, 1.807) is 6.92 Å². The van der Waals surface area contributed by atoms with Crippen molar-refractivity contribution in [2.45, 2.75) is 24.3 Å². The van der Waals surface area contributed by atoms with Gasteiger partial charge in [0.05, 0.1) is 21.4 Å². The van der Waals surface area contributed by atoms with Gasteiger partial charge in [0.1, 0.15) is 0 Å². The lowest BCUT2D eigenvalue weighted by Crippen LogP contribution is -2.40. The number of sulfonamides is 1. The van der Waals surface area contributed by atoms with Crippen molar-refractivity contribution in [3.05, 3.63) is 27.7 Å². The quantitative estimate of drug-likeness (QED) is 0.755. The van der Waals surface area contributed by atoms with Gasteiger partial charge in [0.25, 0.3) is 0 Å². The normalized spacial score (nSPS) is 21.8. The van der Waals surface area contributed by atoms with Crippen LogP contribution in [0.4, 0.5) is 0 Å². The SMILES string of the molecule is CCN(C1CCS(=O)(=O)C1)S(=O)(=O)c1ccc(Cl)c(Br)c1. The molecule has 0 radical (unpaired) electrons. The average Bonchev–Trinajstić information content (AvgIpc) is 2.73. The molecule has 1 atom stereocenters. The monoisotopic (exact) mass is 415 g/mol. The summed E-state index contributed by atoms with van der Waals surface area (Å²) >= 11 is 9.07. The van der Waals surface area contributed by atoms with E-state index in [4.69, 9.17) is 11.6 Å². The second kappa shape index (κ2) is 6.16. The Bertz CT molecular complexity index is 749. The molecule has 0 aliphatic carbocycles. The Hall–Kier alpha value is -0.150. The Morgan fingerprint density at radius 1 is 1.43 bits per heavy atom. The van der Waals surface area contributed by atoms with Gasteiger partial charge in [0.15, 0.2) is 9.84 Å². The van der Waals surface area contributed by atoms with Crippen molar-refractivity contribution >= 4 is 47.4 Å². The van der Waals surface area contributed by atoms with Crippen LogP contribution in [0.1, 0.15) is 13.3 Å². The molecular formula is C12H15BrClNO4S2. The molecule has 1 aliphatic heterocycles. The maximum Gasteiger partial charge on any atom is 0.243 e. The van der Waals surface area contributed by atoms with Crippen LogP contribution < -0.4 is 0 Å². The Kier molecular flexibility index (Phi) is 5.04. The number of halogens is 2. The summed E-state index contributed by atoms with van der Waals surface area (Å²) in [7, 11) is -6.89. The van der Waals surface area contributed by atoms with Crippen molar-refractivity contribution in [3.8, 4) is 0 Å². The molecule has 0 amide bonds. The minimum Gasteiger partial charge on any atom is -0.229 e. The Morgan fingerprint density at radius 2 is 2.10 bits per heavy atom. The molecule has 1 aromatic carbocycles. The van der Waals surface area contributed by atoms with Gasteiger partial charge in [0.2, 0.25) is 10.0 Å². The zero-order valence-corrected chi connectivity index (χ0v) is 15.3. The first-order chi connectivity index (χ1) is 9.67. The van der Waals surface area contributed by atoms with E-state index >= 15 is 0 Å². The standard InChI is InChI=1S/C12H15BrClNO4S2/c1-2-15(9-5-6-20(16,17)8-9)21(18,19)10-3-4-12(14)11(13)7-10/h3-4,7,9H,2,5-6,8H2,1H3. The molecule has 1 fully saturated rings. The summed E-state index contributed by atoms with van der Waals surface area (Å²) in [5.74, 6) is -0.0805. The molecule has 5 nitrogen and oxygen atoms in total. The summed E-state index contributed by atoms with van der Waals surface area (Å²) in [6, 6.07) is 3.86. The Balaban J connectivity index is 2.38. The van der Waals surface area contributed by atoms with Crippen molar-refractivity contribution in [1.82, 2.24) is 4.31 Å². The smallest absolute Gasteiger partial charge is 0.229 e. The number of hydrogen-bond acceptors (Lipinski definition) is 4. The molecule has 118 valence electrons. The maximum absolute atomic E-state index is 12.7. The van der Waals surface area contributed by atoms with Crippen LogP contribution in [0.3, 0.4) is 0 Å². The molecule has 0 spiro atoms. The molecule has 2 rings (SSSR count). The average molecular weight is 417 g/mol. The lowest BCUT2D eigenvalue weighted by Gasteiger charge is -2.26. The van der Waals surface area contributed by atoms with Gasteiger partial charge in [-0.25, -0.2) is 16.8 Å². The number of hydrogen-bond donors (Lipinski definition) is 0. The van der Waals surface area contributed by atoms with Gasteiger partial charge in [-0.2, -0.15) is 4.31 Å². The second-order valence-corrected chi connectivity index (χ2v) is 10.2. The van der Waals surface area contributed by atoms with Gasteiger partial charge >= 0.3 is 0 Å². The van der Waals surface area contributed by atoms with E-state index in [0.29, 0.717) is 15.9 Å². The topological polar surface area (TPSA) is 71.5 Å². The third-order valence-electron chi connectivity index (χ3n) is 3.42.